The molecule has 0 aliphatic carbocycles. The summed E-state index contributed by atoms with van der Waals surface area (Å²) in [7, 11) is -2.66. The second-order valence-electron chi connectivity index (χ2n) is 5.13. The van der Waals surface area contributed by atoms with Crippen LogP contribution < -0.4 is 5.32 Å². The molecule has 0 aromatic heterocycles. The van der Waals surface area contributed by atoms with E-state index in [1.807, 2.05) is 0 Å². The van der Waals surface area contributed by atoms with Crippen molar-refractivity contribution in [2.75, 3.05) is 20.1 Å². The molecule has 0 spiro atoms. The van der Waals surface area contributed by atoms with Crippen LogP contribution in [0.25, 0.3) is 0 Å². The van der Waals surface area contributed by atoms with Crippen LogP contribution in [0.3, 0.4) is 0 Å². The Morgan fingerprint density at radius 2 is 1.96 bits per heavy atom. The summed E-state index contributed by atoms with van der Waals surface area (Å²) in [4.78, 5) is -0.904. The van der Waals surface area contributed by atoms with Gasteiger partial charge >= 0.3 is 6.18 Å². The fourth-order valence-corrected chi connectivity index (χ4v) is 4.20. The molecule has 1 unspecified atom stereocenters. The molecule has 23 heavy (non-hydrogen) atoms. The number of alkyl halides is 3. The van der Waals surface area contributed by atoms with E-state index in [9.17, 15) is 26.0 Å². The highest BCUT2D eigenvalue weighted by Gasteiger charge is 2.40. The average Bonchev–Trinajstić information content (AvgIpc) is 2.46. The number of piperidine rings is 1. The van der Waals surface area contributed by atoms with Crippen LogP contribution in [0.2, 0.25) is 0 Å². The summed E-state index contributed by atoms with van der Waals surface area (Å²) < 4.78 is 78.1. The van der Waals surface area contributed by atoms with Gasteiger partial charge in [-0.3, -0.25) is 0 Å². The van der Waals surface area contributed by atoms with Crippen molar-refractivity contribution in [3.8, 4) is 0 Å². The van der Waals surface area contributed by atoms with Gasteiger partial charge in [0.2, 0.25) is 10.0 Å². The van der Waals surface area contributed by atoms with Crippen molar-refractivity contribution in [2.24, 2.45) is 0 Å². The zero-order chi connectivity index (χ0) is 16.5. The van der Waals surface area contributed by atoms with Gasteiger partial charge in [0.15, 0.2) is 0 Å². The van der Waals surface area contributed by atoms with Gasteiger partial charge < -0.3 is 5.32 Å². The van der Waals surface area contributed by atoms with Gasteiger partial charge in [-0.2, -0.15) is 17.5 Å². The highest BCUT2D eigenvalue weighted by molar-refractivity contribution is 7.89. The molecule has 1 saturated heterocycles. The number of hydrogen-bond acceptors (Lipinski definition) is 3. The van der Waals surface area contributed by atoms with Crippen molar-refractivity contribution < 1.29 is 26.0 Å². The van der Waals surface area contributed by atoms with Crippen LogP contribution in [0.15, 0.2) is 23.1 Å². The van der Waals surface area contributed by atoms with Gasteiger partial charge in [-0.15, -0.1) is 12.4 Å². The van der Waals surface area contributed by atoms with Gasteiger partial charge in [-0.05, 0) is 38.1 Å². The first-order chi connectivity index (χ1) is 10.2. The van der Waals surface area contributed by atoms with Crippen LogP contribution in [-0.4, -0.2) is 38.9 Å². The number of nitrogens with zero attached hydrogens (tertiary/aromatic N) is 1. The molecule has 4 nitrogen and oxygen atoms in total. The third-order valence-electron chi connectivity index (χ3n) is 3.66. The number of nitrogens with one attached hydrogen (secondary N) is 1. The maximum Gasteiger partial charge on any atom is 0.417 e. The fourth-order valence-electron chi connectivity index (χ4n) is 2.48. The first kappa shape index (κ1) is 20.1. The molecule has 0 radical (unpaired) electrons. The minimum absolute atomic E-state index is 0. The van der Waals surface area contributed by atoms with E-state index in [1.165, 1.54) is 0 Å². The zero-order valence-corrected chi connectivity index (χ0v) is 13.9. The van der Waals surface area contributed by atoms with Crippen molar-refractivity contribution in [1.82, 2.24) is 9.62 Å². The quantitative estimate of drug-likeness (QED) is 0.825. The summed E-state index contributed by atoms with van der Waals surface area (Å²) in [6.45, 7) is 0.239. The summed E-state index contributed by atoms with van der Waals surface area (Å²) in [5, 5.41) is 2.92. The van der Waals surface area contributed by atoms with Crippen LogP contribution >= 0.6 is 12.4 Å². The normalized spacial score (nSPS) is 20.1. The molecule has 1 aromatic rings. The number of hydrogen-bond donors (Lipinski definition) is 1. The molecule has 0 saturated carbocycles. The maximum absolute atomic E-state index is 13.1. The molecule has 132 valence electrons. The number of rotatable bonds is 3. The van der Waals surface area contributed by atoms with Gasteiger partial charge in [-0.1, -0.05) is 0 Å². The summed E-state index contributed by atoms with van der Waals surface area (Å²) in [6.07, 6.45) is -3.64. The molecule has 10 heteroatoms. The fraction of sp³-hybridized carbons (Fsp3) is 0.538. The predicted octanol–water partition coefficient (Wildman–Crippen LogP) is 2.64. The van der Waals surface area contributed by atoms with Gasteiger partial charge in [0, 0.05) is 19.1 Å². The number of benzene rings is 1. The highest BCUT2D eigenvalue weighted by Crippen LogP contribution is 2.36. The van der Waals surface area contributed by atoms with Crippen molar-refractivity contribution in [1.29, 1.82) is 0 Å². The Morgan fingerprint density at radius 1 is 1.30 bits per heavy atom. The molecular formula is C13H17ClF4N2O2S. The smallest absolute Gasteiger partial charge is 0.316 e. The lowest BCUT2D eigenvalue weighted by atomic mass is 10.1. The van der Waals surface area contributed by atoms with E-state index in [1.54, 1.807) is 7.05 Å². The molecule has 1 N–H and O–H groups in total. The van der Waals surface area contributed by atoms with Gasteiger partial charge in [-0.25, -0.2) is 12.8 Å². The Labute approximate surface area is 138 Å². The van der Waals surface area contributed by atoms with Crippen molar-refractivity contribution >= 4 is 22.4 Å². The third kappa shape index (κ3) is 4.34. The molecule has 2 rings (SSSR count). The standard InChI is InChI=1S/C13H16F4N2O2S.ClH/c1-18-10-3-2-6-19(8-10)22(20,21)12-5-4-9(14)7-11(12)13(15,16)17;/h4-5,7,10,18H,2-3,6,8H2,1H3;1H. The average molecular weight is 377 g/mol. The van der Waals surface area contributed by atoms with Gasteiger partial charge in [0.1, 0.15) is 5.82 Å². The lowest BCUT2D eigenvalue weighted by Crippen LogP contribution is -2.47. The van der Waals surface area contributed by atoms with Crippen molar-refractivity contribution in [2.45, 2.75) is 30.0 Å². The molecule has 1 fully saturated rings. The Bertz CT molecular complexity index is 652. The van der Waals surface area contributed by atoms with Crippen LogP contribution in [0.5, 0.6) is 0 Å². The van der Waals surface area contributed by atoms with Crippen molar-refractivity contribution in [3.05, 3.63) is 29.6 Å². The van der Waals surface area contributed by atoms with E-state index < -0.39 is 32.5 Å². The second-order valence-corrected chi connectivity index (χ2v) is 7.04. The van der Waals surface area contributed by atoms with Crippen LogP contribution in [0.1, 0.15) is 18.4 Å². The van der Waals surface area contributed by atoms with Crippen molar-refractivity contribution in [3.63, 3.8) is 0 Å². The third-order valence-corrected chi connectivity index (χ3v) is 5.58. The minimum Gasteiger partial charge on any atom is -0.316 e. The summed E-state index contributed by atoms with van der Waals surface area (Å²) in [5.74, 6) is -1.13. The SMILES string of the molecule is CNC1CCCN(S(=O)(=O)c2ccc(F)cc2C(F)(F)F)C1.Cl. The van der Waals surface area contributed by atoms with E-state index in [0.29, 0.717) is 12.5 Å². The Morgan fingerprint density at radius 3 is 2.52 bits per heavy atom. The topological polar surface area (TPSA) is 49.4 Å². The number of sulfonamides is 1. The summed E-state index contributed by atoms with van der Waals surface area (Å²) in [6, 6.07) is 1.50. The van der Waals surface area contributed by atoms with Gasteiger partial charge in [0.25, 0.3) is 0 Å². The van der Waals surface area contributed by atoms with Crippen LogP contribution in [0, 0.1) is 5.82 Å². The molecular weight excluding hydrogens is 360 g/mol. The molecule has 0 amide bonds. The van der Waals surface area contributed by atoms with E-state index in [-0.39, 0.29) is 37.6 Å². The Kier molecular flexibility index (Phi) is 6.42. The number of likely N-dealkylation sites (N-methyl/N-ethyl adjacent to an activating group) is 1. The Hall–Kier alpha value is -0.900. The van der Waals surface area contributed by atoms with E-state index in [0.717, 1.165) is 16.8 Å². The molecule has 1 aromatic carbocycles. The Balaban J connectivity index is 0.00000264. The molecule has 1 heterocycles. The summed E-state index contributed by atoms with van der Waals surface area (Å²) >= 11 is 0. The monoisotopic (exact) mass is 376 g/mol. The predicted molar refractivity (Wildman–Crippen MR) is 79.5 cm³/mol. The first-order valence-electron chi connectivity index (χ1n) is 6.70. The lowest BCUT2D eigenvalue weighted by Gasteiger charge is -2.32. The molecule has 1 aliphatic heterocycles. The first-order valence-corrected chi connectivity index (χ1v) is 8.14. The summed E-state index contributed by atoms with van der Waals surface area (Å²) in [5.41, 5.74) is -1.47. The second kappa shape index (κ2) is 7.33. The lowest BCUT2D eigenvalue weighted by molar-refractivity contribution is -0.140. The number of halogens is 5. The van der Waals surface area contributed by atoms with E-state index in [4.69, 9.17) is 0 Å². The molecule has 1 atom stereocenters. The largest absolute Gasteiger partial charge is 0.417 e. The maximum atomic E-state index is 13.1. The minimum atomic E-state index is -4.94. The molecule has 0 bridgehead atoms. The van der Waals surface area contributed by atoms with E-state index >= 15 is 0 Å². The highest BCUT2D eigenvalue weighted by atomic mass is 35.5. The van der Waals surface area contributed by atoms with Crippen LogP contribution in [0.4, 0.5) is 17.6 Å². The van der Waals surface area contributed by atoms with Gasteiger partial charge in [0.05, 0.1) is 10.5 Å². The molecule has 1 aliphatic rings. The zero-order valence-electron chi connectivity index (χ0n) is 12.2. The van der Waals surface area contributed by atoms with Crippen LogP contribution in [-0.2, 0) is 16.2 Å². The van der Waals surface area contributed by atoms with E-state index in [2.05, 4.69) is 5.32 Å².